The molecule has 0 aliphatic heterocycles. The summed E-state index contributed by atoms with van der Waals surface area (Å²) in [6, 6.07) is 7.88. The number of nitrogens with two attached hydrogens (primary N) is 1. The fourth-order valence-electron chi connectivity index (χ4n) is 2.13. The first kappa shape index (κ1) is 16.5. The van der Waals surface area contributed by atoms with Crippen molar-refractivity contribution < 1.29 is 4.79 Å². The van der Waals surface area contributed by atoms with Crippen LogP contribution in [0.15, 0.2) is 24.3 Å². The van der Waals surface area contributed by atoms with Crippen molar-refractivity contribution in [1.29, 1.82) is 0 Å². The molecule has 3 N–H and O–H groups in total. The molecule has 0 saturated carbocycles. The molecule has 0 fully saturated rings. The Labute approximate surface area is 122 Å². The van der Waals surface area contributed by atoms with Crippen LogP contribution < -0.4 is 11.1 Å². The lowest BCUT2D eigenvalue weighted by atomic mass is 10.1. The lowest BCUT2D eigenvalue weighted by molar-refractivity contribution is -0.126. The van der Waals surface area contributed by atoms with E-state index in [4.69, 9.17) is 5.73 Å². The molecular formula is C16H27N3O. The van der Waals surface area contributed by atoms with E-state index in [1.54, 1.807) is 0 Å². The van der Waals surface area contributed by atoms with Gasteiger partial charge in [-0.05, 0) is 51.4 Å². The fourth-order valence-corrected chi connectivity index (χ4v) is 2.13. The van der Waals surface area contributed by atoms with Gasteiger partial charge in [0.25, 0.3) is 0 Å². The van der Waals surface area contributed by atoms with E-state index in [-0.39, 0.29) is 18.0 Å². The number of nitrogens with zero attached hydrogens (tertiary/aromatic N) is 1. The van der Waals surface area contributed by atoms with Gasteiger partial charge in [0.2, 0.25) is 5.91 Å². The largest absolute Gasteiger partial charge is 0.399 e. The van der Waals surface area contributed by atoms with Crippen molar-refractivity contribution in [1.82, 2.24) is 10.2 Å². The number of anilines is 1. The minimum absolute atomic E-state index is 0.0869. The third-order valence-electron chi connectivity index (χ3n) is 3.23. The molecule has 4 nitrogen and oxygen atoms in total. The average molecular weight is 277 g/mol. The van der Waals surface area contributed by atoms with Crippen LogP contribution in [0.2, 0.25) is 0 Å². The Morgan fingerprint density at radius 2 is 1.85 bits per heavy atom. The Hall–Kier alpha value is -1.55. The molecule has 20 heavy (non-hydrogen) atoms. The zero-order valence-electron chi connectivity index (χ0n) is 13.0. The maximum absolute atomic E-state index is 12.1. The first-order valence-electron chi connectivity index (χ1n) is 7.32. The van der Waals surface area contributed by atoms with Crippen LogP contribution in [0, 0.1) is 0 Å². The molecule has 0 bridgehead atoms. The van der Waals surface area contributed by atoms with Crippen molar-refractivity contribution in [2.45, 2.75) is 52.7 Å². The zero-order valence-corrected chi connectivity index (χ0v) is 13.0. The van der Waals surface area contributed by atoms with E-state index in [1.807, 2.05) is 45.0 Å². The molecule has 4 heteroatoms. The van der Waals surface area contributed by atoms with Crippen LogP contribution in [-0.2, 0) is 11.3 Å². The summed E-state index contributed by atoms with van der Waals surface area (Å²) in [5.41, 5.74) is 7.64. The molecule has 0 heterocycles. The maximum atomic E-state index is 12.1. The van der Waals surface area contributed by atoms with Crippen LogP contribution in [0.4, 0.5) is 5.69 Å². The van der Waals surface area contributed by atoms with Gasteiger partial charge in [-0.2, -0.15) is 0 Å². The highest BCUT2D eigenvalue weighted by Crippen LogP contribution is 2.12. The summed E-state index contributed by atoms with van der Waals surface area (Å²) >= 11 is 0. The van der Waals surface area contributed by atoms with E-state index in [0.717, 1.165) is 25.2 Å². The second kappa shape index (κ2) is 7.90. The molecule has 0 aliphatic rings. The Morgan fingerprint density at radius 1 is 1.25 bits per heavy atom. The van der Waals surface area contributed by atoms with Crippen molar-refractivity contribution in [3.63, 3.8) is 0 Å². The number of nitrogens with one attached hydrogen (secondary N) is 1. The summed E-state index contributed by atoms with van der Waals surface area (Å²) < 4.78 is 0. The normalized spacial score (nSPS) is 12.7. The Balaban J connectivity index is 2.72. The Morgan fingerprint density at radius 3 is 2.35 bits per heavy atom. The van der Waals surface area contributed by atoms with E-state index >= 15 is 0 Å². The minimum atomic E-state index is -0.130. The van der Waals surface area contributed by atoms with E-state index < -0.39 is 0 Å². The minimum Gasteiger partial charge on any atom is -0.399 e. The molecule has 0 radical (unpaired) electrons. The summed E-state index contributed by atoms with van der Waals surface area (Å²) in [7, 11) is 0. The van der Waals surface area contributed by atoms with Crippen LogP contribution in [0.25, 0.3) is 0 Å². The molecule has 1 unspecified atom stereocenters. The first-order valence-corrected chi connectivity index (χ1v) is 7.32. The molecule has 0 spiro atoms. The molecule has 1 aromatic carbocycles. The molecular weight excluding hydrogens is 250 g/mol. The number of amides is 1. The van der Waals surface area contributed by atoms with Gasteiger partial charge in [0, 0.05) is 18.3 Å². The number of carbonyl (C=O) groups excluding carboxylic acids is 1. The van der Waals surface area contributed by atoms with Crippen LogP contribution in [-0.4, -0.2) is 29.4 Å². The van der Waals surface area contributed by atoms with Gasteiger partial charge >= 0.3 is 0 Å². The molecule has 0 aliphatic carbocycles. The Kier molecular flexibility index (Phi) is 6.52. The summed E-state index contributed by atoms with van der Waals surface area (Å²) in [5, 5.41) is 2.98. The zero-order chi connectivity index (χ0) is 15.1. The topological polar surface area (TPSA) is 58.4 Å². The highest BCUT2D eigenvalue weighted by Gasteiger charge is 2.21. The predicted octanol–water partition coefficient (Wildman–Crippen LogP) is 2.39. The smallest absolute Gasteiger partial charge is 0.237 e. The van der Waals surface area contributed by atoms with E-state index in [9.17, 15) is 4.79 Å². The summed E-state index contributed by atoms with van der Waals surface area (Å²) in [4.78, 5) is 14.3. The summed E-state index contributed by atoms with van der Waals surface area (Å²) in [6.45, 7) is 9.72. The van der Waals surface area contributed by atoms with Gasteiger partial charge in [-0.3, -0.25) is 9.69 Å². The summed E-state index contributed by atoms with van der Waals surface area (Å²) in [5.74, 6) is 0.0869. The van der Waals surface area contributed by atoms with E-state index in [2.05, 4.69) is 17.1 Å². The van der Waals surface area contributed by atoms with E-state index in [0.29, 0.717) is 0 Å². The molecule has 0 aromatic heterocycles. The first-order chi connectivity index (χ1) is 9.43. The molecule has 1 atom stereocenters. The highest BCUT2D eigenvalue weighted by molar-refractivity contribution is 5.81. The fraction of sp³-hybridized carbons (Fsp3) is 0.562. The van der Waals surface area contributed by atoms with Gasteiger partial charge in [-0.1, -0.05) is 19.1 Å². The summed E-state index contributed by atoms with van der Waals surface area (Å²) in [6.07, 6.45) is 1.02. The number of carbonyl (C=O) groups is 1. The van der Waals surface area contributed by atoms with Crippen LogP contribution in [0.5, 0.6) is 0 Å². The standard InChI is InChI=1S/C16H27N3O/c1-5-10-19(13(4)16(20)18-12(2)3)11-14-6-8-15(17)9-7-14/h6-9,12-13H,5,10-11,17H2,1-4H3,(H,18,20). The third-order valence-corrected chi connectivity index (χ3v) is 3.23. The molecule has 1 amide bonds. The number of rotatable bonds is 7. The van der Waals surface area contributed by atoms with Gasteiger partial charge < -0.3 is 11.1 Å². The van der Waals surface area contributed by atoms with Gasteiger partial charge in [-0.25, -0.2) is 0 Å². The SMILES string of the molecule is CCCN(Cc1ccc(N)cc1)C(C)C(=O)NC(C)C. The number of hydrogen-bond donors (Lipinski definition) is 2. The van der Waals surface area contributed by atoms with Gasteiger partial charge in [0.15, 0.2) is 0 Å². The van der Waals surface area contributed by atoms with Crippen molar-refractivity contribution in [3.05, 3.63) is 29.8 Å². The second-order valence-electron chi connectivity index (χ2n) is 5.55. The maximum Gasteiger partial charge on any atom is 0.237 e. The lowest BCUT2D eigenvalue weighted by Gasteiger charge is -2.28. The van der Waals surface area contributed by atoms with Gasteiger partial charge in [0.05, 0.1) is 6.04 Å². The highest BCUT2D eigenvalue weighted by atomic mass is 16.2. The molecule has 1 rings (SSSR count). The second-order valence-corrected chi connectivity index (χ2v) is 5.55. The van der Waals surface area contributed by atoms with Crippen LogP contribution >= 0.6 is 0 Å². The third kappa shape index (κ3) is 5.21. The lowest BCUT2D eigenvalue weighted by Crippen LogP contribution is -2.47. The number of nitrogen functional groups attached to an aromatic ring is 1. The van der Waals surface area contributed by atoms with Crippen molar-refractivity contribution >= 4 is 11.6 Å². The molecule has 112 valence electrons. The molecule has 1 aromatic rings. The number of hydrogen-bond acceptors (Lipinski definition) is 3. The quantitative estimate of drug-likeness (QED) is 0.752. The monoisotopic (exact) mass is 277 g/mol. The number of benzene rings is 1. The van der Waals surface area contributed by atoms with E-state index in [1.165, 1.54) is 5.56 Å². The average Bonchev–Trinajstić information content (AvgIpc) is 2.39. The van der Waals surface area contributed by atoms with Gasteiger partial charge in [0.1, 0.15) is 0 Å². The van der Waals surface area contributed by atoms with Gasteiger partial charge in [-0.15, -0.1) is 0 Å². The van der Waals surface area contributed by atoms with Crippen molar-refractivity contribution in [3.8, 4) is 0 Å². The molecule has 0 saturated heterocycles. The van der Waals surface area contributed by atoms with Crippen molar-refractivity contribution in [2.24, 2.45) is 0 Å². The van der Waals surface area contributed by atoms with Crippen LogP contribution in [0.3, 0.4) is 0 Å². The van der Waals surface area contributed by atoms with Crippen molar-refractivity contribution in [2.75, 3.05) is 12.3 Å². The Bertz CT molecular complexity index is 414. The predicted molar refractivity (Wildman–Crippen MR) is 84.3 cm³/mol. The van der Waals surface area contributed by atoms with Crippen LogP contribution in [0.1, 0.15) is 39.7 Å².